The van der Waals surface area contributed by atoms with Crippen LogP contribution in [0.2, 0.25) is 0 Å². The number of carbonyl (C=O) groups excluding carboxylic acids is 1. The highest BCUT2D eigenvalue weighted by Gasteiger charge is 2.23. The van der Waals surface area contributed by atoms with Crippen LogP contribution >= 0.6 is 11.8 Å². The van der Waals surface area contributed by atoms with E-state index in [-0.39, 0.29) is 17.8 Å². The molecule has 0 bridgehead atoms. The average Bonchev–Trinajstić information content (AvgIpc) is 2.91. The third kappa shape index (κ3) is 3.52. The molecule has 0 saturated carbocycles. The first-order valence-corrected chi connectivity index (χ1v) is 6.97. The molecule has 0 spiro atoms. The van der Waals surface area contributed by atoms with Gasteiger partial charge < -0.3 is 10.4 Å². The third-order valence-corrected chi connectivity index (χ3v) is 4.04. The molecule has 1 aromatic rings. The Morgan fingerprint density at radius 2 is 2.44 bits per heavy atom. The van der Waals surface area contributed by atoms with Gasteiger partial charge in [-0.25, -0.2) is 0 Å². The maximum Gasteiger partial charge on any atom is 0.237 e. The van der Waals surface area contributed by atoms with Crippen LogP contribution < -0.4 is 5.32 Å². The van der Waals surface area contributed by atoms with E-state index in [1.54, 1.807) is 11.8 Å². The number of aliphatic hydroxyl groups is 1. The van der Waals surface area contributed by atoms with Gasteiger partial charge in [-0.05, 0) is 36.8 Å². The number of benzene rings is 1. The van der Waals surface area contributed by atoms with E-state index in [0.29, 0.717) is 0 Å². The first kappa shape index (κ1) is 13.0. The molecule has 0 radical (unpaired) electrons. The van der Waals surface area contributed by atoms with Crippen LogP contribution in [-0.2, 0) is 4.79 Å². The molecule has 1 fully saturated rings. The molecule has 1 aliphatic rings. The van der Waals surface area contributed by atoms with Crippen molar-refractivity contribution in [1.82, 2.24) is 0 Å². The molecule has 1 unspecified atom stereocenters. The molecule has 1 atom stereocenters. The van der Waals surface area contributed by atoms with Gasteiger partial charge in [0.05, 0.1) is 5.25 Å². The van der Waals surface area contributed by atoms with Crippen LogP contribution in [0.5, 0.6) is 0 Å². The molecule has 0 aromatic heterocycles. The highest BCUT2D eigenvalue weighted by Crippen LogP contribution is 2.27. The number of rotatable bonds is 2. The fourth-order valence-corrected chi connectivity index (χ4v) is 2.98. The summed E-state index contributed by atoms with van der Waals surface area (Å²) in [5, 5.41) is 11.6. The summed E-state index contributed by atoms with van der Waals surface area (Å²) >= 11 is 1.71. The summed E-state index contributed by atoms with van der Waals surface area (Å²) < 4.78 is 0. The molecule has 1 aromatic carbocycles. The quantitative estimate of drug-likeness (QED) is 0.799. The monoisotopic (exact) mass is 261 g/mol. The van der Waals surface area contributed by atoms with Gasteiger partial charge in [-0.3, -0.25) is 4.79 Å². The predicted molar refractivity (Wildman–Crippen MR) is 74.5 cm³/mol. The van der Waals surface area contributed by atoms with Gasteiger partial charge in [-0.15, -0.1) is 11.8 Å². The molecule has 1 aliphatic heterocycles. The minimum atomic E-state index is -0.157. The lowest BCUT2D eigenvalue weighted by Crippen LogP contribution is -2.22. The van der Waals surface area contributed by atoms with E-state index in [1.165, 1.54) is 0 Å². The fraction of sp³-hybridized carbons (Fsp3) is 0.357. The Hall–Kier alpha value is -1.44. The Balaban J connectivity index is 2.02. The van der Waals surface area contributed by atoms with Crippen molar-refractivity contribution in [1.29, 1.82) is 0 Å². The summed E-state index contributed by atoms with van der Waals surface area (Å²) in [5.41, 5.74) is 1.55. The van der Waals surface area contributed by atoms with Gasteiger partial charge >= 0.3 is 0 Å². The van der Waals surface area contributed by atoms with Gasteiger partial charge in [0.2, 0.25) is 5.91 Å². The lowest BCUT2D eigenvalue weighted by Gasteiger charge is -2.09. The Morgan fingerprint density at radius 1 is 1.56 bits per heavy atom. The van der Waals surface area contributed by atoms with Gasteiger partial charge in [0, 0.05) is 11.3 Å². The predicted octanol–water partition coefficient (Wildman–Crippen LogP) is 1.86. The molecule has 2 rings (SSSR count). The van der Waals surface area contributed by atoms with Crippen LogP contribution in [0.4, 0.5) is 5.69 Å². The van der Waals surface area contributed by atoms with Crippen LogP contribution in [0.15, 0.2) is 24.3 Å². The number of aliphatic hydroxyl groups excluding tert-OH is 1. The van der Waals surface area contributed by atoms with E-state index in [4.69, 9.17) is 5.11 Å². The Bertz CT molecular complexity index is 484. The average molecular weight is 261 g/mol. The molecular formula is C14H15NO2S. The summed E-state index contributed by atoms with van der Waals surface area (Å²) in [6, 6.07) is 7.36. The topological polar surface area (TPSA) is 49.3 Å². The van der Waals surface area contributed by atoms with E-state index in [9.17, 15) is 4.79 Å². The minimum Gasteiger partial charge on any atom is -0.384 e. The second kappa shape index (κ2) is 6.48. The zero-order chi connectivity index (χ0) is 12.8. The molecule has 94 valence electrons. The van der Waals surface area contributed by atoms with Crippen molar-refractivity contribution in [2.45, 2.75) is 18.1 Å². The fourth-order valence-electron chi connectivity index (χ4n) is 1.82. The summed E-state index contributed by atoms with van der Waals surface area (Å²) in [6.07, 6.45) is 2.07. The summed E-state index contributed by atoms with van der Waals surface area (Å²) in [6.45, 7) is -0.157. The van der Waals surface area contributed by atoms with E-state index in [2.05, 4.69) is 17.2 Å². The van der Waals surface area contributed by atoms with Crippen molar-refractivity contribution >= 4 is 23.4 Å². The largest absolute Gasteiger partial charge is 0.384 e. The van der Waals surface area contributed by atoms with E-state index >= 15 is 0 Å². The SMILES string of the molecule is O=C(Nc1cccc(C#CCO)c1)C1CCCS1. The number of nitrogens with one attached hydrogen (secondary N) is 1. The molecule has 1 saturated heterocycles. The number of hydrogen-bond acceptors (Lipinski definition) is 3. The standard InChI is InChI=1S/C14H15NO2S/c16-8-2-5-11-4-1-6-12(10-11)15-14(17)13-7-3-9-18-13/h1,4,6,10,13,16H,3,7-9H2,(H,15,17). The Labute approximate surface area is 111 Å². The van der Waals surface area contributed by atoms with Gasteiger partial charge in [-0.1, -0.05) is 17.9 Å². The maximum atomic E-state index is 11.9. The van der Waals surface area contributed by atoms with Crippen molar-refractivity contribution in [2.75, 3.05) is 17.7 Å². The van der Waals surface area contributed by atoms with Crippen LogP contribution in [0.1, 0.15) is 18.4 Å². The smallest absolute Gasteiger partial charge is 0.237 e. The second-order valence-corrected chi connectivity index (χ2v) is 5.34. The van der Waals surface area contributed by atoms with Crippen LogP contribution in [-0.4, -0.2) is 28.6 Å². The van der Waals surface area contributed by atoms with Crippen LogP contribution in [0.25, 0.3) is 0 Å². The number of thioether (sulfide) groups is 1. The molecule has 0 aliphatic carbocycles. The Kier molecular flexibility index (Phi) is 4.68. The molecular weight excluding hydrogens is 246 g/mol. The number of hydrogen-bond donors (Lipinski definition) is 2. The van der Waals surface area contributed by atoms with E-state index in [1.807, 2.05) is 24.3 Å². The zero-order valence-electron chi connectivity index (χ0n) is 9.98. The van der Waals surface area contributed by atoms with Crippen molar-refractivity contribution in [2.24, 2.45) is 0 Å². The van der Waals surface area contributed by atoms with Gasteiger partial charge in [0.25, 0.3) is 0 Å². The summed E-state index contributed by atoms with van der Waals surface area (Å²) in [4.78, 5) is 11.9. The van der Waals surface area contributed by atoms with Gasteiger partial charge in [-0.2, -0.15) is 0 Å². The van der Waals surface area contributed by atoms with Crippen molar-refractivity contribution in [3.8, 4) is 11.8 Å². The van der Waals surface area contributed by atoms with E-state index < -0.39 is 0 Å². The molecule has 3 nitrogen and oxygen atoms in total. The Morgan fingerprint density at radius 3 is 3.17 bits per heavy atom. The van der Waals surface area contributed by atoms with Crippen molar-refractivity contribution in [3.05, 3.63) is 29.8 Å². The van der Waals surface area contributed by atoms with E-state index in [0.717, 1.165) is 29.8 Å². The molecule has 2 N–H and O–H groups in total. The highest BCUT2D eigenvalue weighted by atomic mass is 32.2. The van der Waals surface area contributed by atoms with Crippen LogP contribution in [0, 0.1) is 11.8 Å². The zero-order valence-corrected chi connectivity index (χ0v) is 10.8. The normalized spacial score (nSPS) is 17.9. The minimum absolute atomic E-state index is 0.0739. The first-order valence-electron chi connectivity index (χ1n) is 5.92. The number of anilines is 1. The molecule has 18 heavy (non-hydrogen) atoms. The lowest BCUT2D eigenvalue weighted by atomic mass is 10.2. The molecule has 1 heterocycles. The van der Waals surface area contributed by atoms with Crippen molar-refractivity contribution in [3.63, 3.8) is 0 Å². The lowest BCUT2D eigenvalue weighted by molar-refractivity contribution is -0.115. The van der Waals surface area contributed by atoms with Crippen molar-refractivity contribution < 1.29 is 9.90 Å². The molecule has 4 heteroatoms. The second-order valence-electron chi connectivity index (χ2n) is 4.03. The third-order valence-electron chi connectivity index (χ3n) is 2.66. The van der Waals surface area contributed by atoms with Crippen LogP contribution in [0.3, 0.4) is 0 Å². The summed E-state index contributed by atoms with van der Waals surface area (Å²) in [7, 11) is 0. The first-order chi connectivity index (χ1) is 8.79. The highest BCUT2D eigenvalue weighted by molar-refractivity contribution is 8.00. The van der Waals surface area contributed by atoms with Gasteiger partial charge in [0.1, 0.15) is 6.61 Å². The number of amides is 1. The maximum absolute atomic E-state index is 11.9. The molecule has 1 amide bonds. The number of carbonyl (C=O) groups is 1. The summed E-state index contributed by atoms with van der Waals surface area (Å²) in [5.74, 6) is 6.55. The van der Waals surface area contributed by atoms with Gasteiger partial charge in [0.15, 0.2) is 0 Å².